The Morgan fingerprint density at radius 2 is 1.96 bits per heavy atom. The molecule has 1 saturated heterocycles. The maximum absolute atomic E-state index is 5.38. The second-order valence-electron chi connectivity index (χ2n) is 7.11. The Kier molecular flexibility index (Phi) is 6.41. The maximum Gasteiger partial charge on any atom is 0.0483 e. The van der Waals surface area contributed by atoms with Crippen LogP contribution in [0.3, 0.4) is 0 Å². The summed E-state index contributed by atoms with van der Waals surface area (Å²) in [4.78, 5) is 1.00. The third kappa shape index (κ3) is 4.50. The molecule has 3 N–H and O–H groups in total. The molecule has 4 rings (SSSR count). The predicted molar refractivity (Wildman–Crippen MR) is 114 cm³/mol. The number of hydrogen-bond acceptors (Lipinski definition) is 3. The number of aryl methyl sites for hydroxylation is 2. The topological polar surface area (TPSA) is 43.0 Å². The van der Waals surface area contributed by atoms with Crippen molar-refractivity contribution in [2.24, 2.45) is 12.8 Å². The second-order valence-corrected chi connectivity index (χ2v) is 7.63. The number of nitrogens with one attached hydrogen (secondary N) is 1. The van der Waals surface area contributed by atoms with Gasteiger partial charge in [0.25, 0.3) is 0 Å². The number of thiol groups is 1. The minimum absolute atomic E-state index is 0.700. The van der Waals surface area contributed by atoms with Crippen LogP contribution in [0, 0.1) is 6.92 Å². The number of benzene rings is 2. The quantitative estimate of drug-likeness (QED) is 0.612. The van der Waals surface area contributed by atoms with Gasteiger partial charge in [-0.25, -0.2) is 0 Å². The highest BCUT2D eigenvalue weighted by molar-refractivity contribution is 7.80. The molecule has 0 spiro atoms. The van der Waals surface area contributed by atoms with E-state index in [1.807, 2.05) is 12.1 Å². The van der Waals surface area contributed by atoms with Gasteiger partial charge >= 0.3 is 0 Å². The van der Waals surface area contributed by atoms with Gasteiger partial charge in [-0.05, 0) is 73.7 Å². The SMILES string of the molecule is Cc1ccc2c(C3CCNC3)cn(C)c2c1.NCCc1ccc(S)cc1. The van der Waals surface area contributed by atoms with Crippen molar-refractivity contribution in [3.63, 3.8) is 0 Å². The lowest BCUT2D eigenvalue weighted by atomic mass is 9.97. The molecule has 1 unspecified atom stereocenters. The number of fused-ring (bicyclic) bond motifs is 1. The van der Waals surface area contributed by atoms with Gasteiger partial charge in [0.15, 0.2) is 0 Å². The second kappa shape index (κ2) is 8.76. The molecule has 4 heteroatoms. The molecule has 1 fully saturated rings. The smallest absolute Gasteiger partial charge is 0.0483 e. The van der Waals surface area contributed by atoms with E-state index in [1.165, 1.54) is 34.0 Å². The molecule has 3 nitrogen and oxygen atoms in total. The van der Waals surface area contributed by atoms with E-state index in [0.29, 0.717) is 12.5 Å². The van der Waals surface area contributed by atoms with E-state index < -0.39 is 0 Å². The standard InChI is InChI=1S/C14H18N2.C8H11NS/c1-10-3-4-12-13(11-5-6-15-8-11)9-16(2)14(12)7-10;9-6-5-7-1-3-8(10)4-2-7/h3-4,7,9,11,15H,5-6,8H2,1-2H3;1-4,10H,5-6,9H2. The molecule has 0 amide bonds. The van der Waals surface area contributed by atoms with E-state index in [1.54, 1.807) is 0 Å². The van der Waals surface area contributed by atoms with Crippen molar-refractivity contribution >= 4 is 23.5 Å². The third-order valence-corrected chi connectivity index (χ3v) is 5.34. The van der Waals surface area contributed by atoms with E-state index in [-0.39, 0.29) is 0 Å². The molecule has 0 bridgehead atoms. The maximum atomic E-state index is 5.38. The fraction of sp³-hybridized carbons (Fsp3) is 0.364. The Labute approximate surface area is 162 Å². The molecular formula is C22H29N3S. The first-order chi connectivity index (χ1) is 12.6. The molecule has 1 aromatic heterocycles. The van der Waals surface area contributed by atoms with Crippen LogP contribution in [0.15, 0.2) is 53.6 Å². The van der Waals surface area contributed by atoms with Crippen molar-refractivity contribution in [1.82, 2.24) is 9.88 Å². The van der Waals surface area contributed by atoms with Gasteiger partial charge in [0, 0.05) is 35.6 Å². The number of aromatic nitrogens is 1. The highest BCUT2D eigenvalue weighted by Gasteiger charge is 2.20. The normalized spacial score (nSPS) is 16.5. The van der Waals surface area contributed by atoms with E-state index in [9.17, 15) is 0 Å². The predicted octanol–water partition coefficient (Wildman–Crippen LogP) is 4.04. The molecular weight excluding hydrogens is 338 g/mol. The average molecular weight is 368 g/mol. The number of nitrogens with two attached hydrogens (primary N) is 1. The fourth-order valence-electron chi connectivity index (χ4n) is 3.60. The van der Waals surface area contributed by atoms with Crippen LogP contribution in [0.1, 0.15) is 29.0 Å². The number of rotatable bonds is 3. The Morgan fingerprint density at radius 3 is 2.62 bits per heavy atom. The third-order valence-electron chi connectivity index (χ3n) is 5.05. The van der Waals surface area contributed by atoms with Crippen LogP contribution in [0.4, 0.5) is 0 Å². The van der Waals surface area contributed by atoms with Crippen LogP contribution in [-0.4, -0.2) is 24.2 Å². The lowest BCUT2D eigenvalue weighted by molar-refractivity contribution is 0.763. The number of nitrogens with zero attached hydrogens (tertiary/aromatic N) is 1. The summed E-state index contributed by atoms with van der Waals surface area (Å²) in [6.07, 6.45) is 4.53. The van der Waals surface area contributed by atoms with Crippen molar-refractivity contribution < 1.29 is 0 Å². The summed E-state index contributed by atoms with van der Waals surface area (Å²) in [5.41, 5.74) is 10.9. The van der Waals surface area contributed by atoms with E-state index >= 15 is 0 Å². The highest BCUT2D eigenvalue weighted by atomic mass is 32.1. The van der Waals surface area contributed by atoms with Crippen LogP contribution in [-0.2, 0) is 13.5 Å². The van der Waals surface area contributed by atoms with Gasteiger partial charge in [0.2, 0.25) is 0 Å². The zero-order valence-electron chi connectivity index (χ0n) is 15.7. The average Bonchev–Trinajstić information content (AvgIpc) is 3.26. The van der Waals surface area contributed by atoms with Gasteiger partial charge in [-0.15, -0.1) is 12.6 Å². The van der Waals surface area contributed by atoms with E-state index in [0.717, 1.165) is 24.4 Å². The minimum Gasteiger partial charge on any atom is -0.350 e. The molecule has 26 heavy (non-hydrogen) atoms. The van der Waals surface area contributed by atoms with E-state index in [4.69, 9.17) is 5.73 Å². The summed E-state index contributed by atoms with van der Waals surface area (Å²) in [5, 5.41) is 4.88. The van der Waals surface area contributed by atoms with Crippen LogP contribution in [0.2, 0.25) is 0 Å². The van der Waals surface area contributed by atoms with Crippen LogP contribution >= 0.6 is 12.6 Å². The fourth-order valence-corrected chi connectivity index (χ4v) is 3.75. The summed E-state index contributed by atoms with van der Waals surface area (Å²) in [7, 11) is 2.15. The Balaban J connectivity index is 0.000000170. The van der Waals surface area contributed by atoms with Gasteiger partial charge in [-0.1, -0.05) is 24.3 Å². The molecule has 2 aromatic carbocycles. The molecule has 0 aliphatic carbocycles. The molecule has 2 heterocycles. The molecule has 138 valence electrons. The molecule has 1 aliphatic rings. The zero-order valence-corrected chi connectivity index (χ0v) is 16.6. The van der Waals surface area contributed by atoms with Crippen molar-refractivity contribution in [3.05, 3.63) is 65.4 Å². The Bertz CT molecular complexity index is 846. The van der Waals surface area contributed by atoms with Crippen molar-refractivity contribution in [2.75, 3.05) is 19.6 Å². The van der Waals surface area contributed by atoms with Gasteiger partial charge in [-0.3, -0.25) is 0 Å². The summed E-state index contributed by atoms with van der Waals surface area (Å²) in [6, 6.07) is 14.8. The lowest BCUT2D eigenvalue weighted by Crippen LogP contribution is -2.07. The molecule has 0 saturated carbocycles. The Hall–Kier alpha value is -1.75. The molecule has 3 aromatic rings. The lowest BCUT2D eigenvalue weighted by Gasteiger charge is -2.06. The van der Waals surface area contributed by atoms with Gasteiger partial charge in [0.1, 0.15) is 0 Å². The van der Waals surface area contributed by atoms with Crippen molar-refractivity contribution in [3.8, 4) is 0 Å². The summed E-state index contributed by atoms with van der Waals surface area (Å²) >= 11 is 4.17. The summed E-state index contributed by atoms with van der Waals surface area (Å²) < 4.78 is 2.26. The molecule has 1 aliphatic heterocycles. The monoisotopic (exact) mass is 367 g/mol. The summed E-state index contributed by atoms with van der Waals surface area (Å²) in [5.74, 6) is 0.700. The highest BCUT2D eigenvalue weighted by Crippen LogP contribution is 2.31. The van der Waals surface area contributed by atoms with Crippen LogP contribution in [0.5, 0.6) is 0 Å². The largest absolute Gasteiger partial charge is 0.350 e. The van der Waals surface area contributed by atoms with E-state index in [2.05, 4.69) is 73.0 Å². The van der Waals surface area contributed by atoms with Gasteiger partial charge in [-0.2, -0.15) is 0 Å². The Morgan fingerprint density at radius 1 is 1.19 bits per heavy atom. The molecule has 1 atom stereocenters. The first kappa shape index (κ1) is 19.0. The van der Waals surface area contributed by atoms with Crippen LogP contribution < -0.4 is 11.1 Å². The minimum atomic E-state index is 0.700. The molecule has 0 radical (unpaired) electrons. The van der Waals surface area contributed by atoms with Crippen LogP contribution in [0.25, 0.3) is 10.9 Å². The number of hydrogen-bond donors (Lipinski definition) is 3. The first-order valence-electron chi connectivity index (χ1n) is 9.32. The van der Waals surface area contributed by atoms with Crippen molar-refractivity contribution in [2.45, 2.75) is 30.6 Å². The summed E-state index contributed by atoms with van der Waals surface area (Å²) in [6.45, 7) is 5.16. The van der Waals surface area contributed by atoms with Crippen molar-refractivity contribution in [1.29, 1.82) is 0 Å². The van der Waals surface area contributed by atoms with Gasteiger partial charge < -0.3 is 15.6 Å². The first-order valence-corrected chi connectivity index (χ1v) is 9.77. The van der Waals surface area contributed by atoms with Gasteiger partial charge in [0.05, 0.1) is 0 Å². The zero-order chi connectivity index (χ0) is 18.5.